The highest BCUT2D eigenvalue weighted by molar-refractivity contribution is 7.09. The first-order valence-corrected chi connectivity index (χ1v) is 7.54. The molecule has 20 heavy (non-hydrogen) atoms. The second-order valence-corrected chi connectivity index (χ2v) is 5.83. The number of aromatic nitrogens is 1. The fraction of sp³-hybridized carbons (Fsp3) is 0.400. The Bertz CT molecular complexity index is 569. The Balaban J connectivity index is 2.06. The van der Waals surface area contributed by atoms with Crippen LogP contribution in [0.2, 0.25) is 0 Å². The monoisotopic (exact) mass is 296 g/mol. The summed E-state index contributed by atoms with van der Waals surface area (Å²) in [4.78, 5) is 4.45. The maximum atomic E-state index is 13.2. The zero-order valence-electron chi connectivity index (χ0n) is 11.6. The van der Waals surface area contributed by atoms with Crippen molar-refractivity contribution >= 4 is 11.3 Å². The Morgan fingerprint density at radius 1 is 1.25 bits per heavy atom. The summed E-state index contributed by atoms with van der Waals surface area (Å²) in [6.07, 6.45) is 1.44. The second-order valence-electron chi connectivity index (χ2n) is 4.77. The van der Waals surface area contributed by atoms with Crippen LogP contribution in [0.1, 0.15) is 23.2 Å². The molecule has 5 heteroatoms. The summed E-state index contributed by atoms with van der Waals surface area (Å²) in [6, 6.07) is 4.26. The van der Waals surface area contributed by atoms with Crippen LogP contribution in [-0.4, -0.2) is 17.6 Å². The van der Waals surface area contributed by atoms with Gasteiger partial charge in [-0.25, -0.2) is 13.8 Å². The molecular weight excluding hydrogens is 278 g/mol. The first-order valence-electron chi connectivity index (χ1n) is 6.66. The standard InChI is InChI=1S/C15H18F2N2S/c1-3-18-12(8-13-9-20-10(2)19-13)6-11-4-5-14(16)15(17)7-11/h4-5,7,9,12,18H,3,6,8H2,1-2H3. The smallest absolute Gasteiger partial charge is 0.159 e. The fourth-order valence-corrected chi connectivity index (χ4v) is 2.84. The average Bonchev–Trinajstić information content (AvgIpc) is 2.80. The highest BCUT2D eigenvalue weighted by atomic mass is 32.1. The van der Waals surface area contributed by atoms with Gasteiger partial charge < -0.3 is 5.32 Å². The molecule has 0 aliphatic heterocycles. The van der Waals surface area contributed by atoms with Crippen LogP contribution in [0.3, 0.4) is 0 Å². The van der Waals surface area contributed by atoms with Gasteiger partial charge in [0.2, 0.25) is 0 Å². The highest BCUT2D eigenvalue weighted by Gasteiger charge is 2.13. The number of rotatable bonds is 6. The van der Waals surface area contributed by atoms with E-state index in [2.05, 4.69) is 10.3 Å². The largest absolute Gasteiger partial charge is 0.314 e. The van der Waals surface area contributed by atoms with Crippen LogP contribution < -0.4 is 5.32 Å². The summed E-state index contributed by atoms with van der Waals surface area (Å²) < 4.78 is 26.2. The molecule has 108 valence electrons. The predicted octanol–water partition coefficient (Wildman–Crippen LogP) is 3.49. The van der Waals surface area contributed by atoms with Gasteiger partial charge in [0, 0.05) is 17.8 Å². The van der Waals surface area contributed by atoms with E-state index < -0.39 is 11.6 Å². The minimum atomic E-state index is -0.802. The molecule has 0 saturated carbocycles. The van der Waals surface area contributed by atoms with E-state index in [1.807, 2.05) is 19.2 Å². The Morgan fingerprint density at radius 3 is 2.65 bits per heavy atom. The molecule has 0 aliphatic carbocycles. The fourth-order valence-electron chi connectivity index (χ4n) is 2.21. The van der Waals surface area contributed by atoms with Gasteiger partial charge in [-0.1, -0.05) is 13.0 Å². The Labute approximate surface area is 121 Å². The second kappa shape index (κ2) is 6.90. The molecule has 1 heterocycles. The lowest BCUT2D eigenvalue weighted by Crippen LogP contribution is -2.33. The quantitative estimate of drug-likeness (QED) is 0.882. The van der Waals surface area contributed by atoms with Crippen molar-refractivity contribution in [3.05, 3.63) is 51.5 Å². The molecular formula is C15H18F2N2S. The molecule has 0 aliphatic rings. The number of aryl methyl sites for hydroxylation is 1. The molecule has 2 rings (SSSR count). The van der Waals surface area contributed by atoms with Crippen molar-refractivity contribution in [3.8, 4) is 0 Å². The van der Waals surface area contributed by atoms with Gasteiger partial charge in [-0.15, -0.1) is 11.3 Å². The third kappa shape index (κ3) is 4.08. The van der Waals surface area contributed by atoms with Crippen molar-refractivity contribution in [1.29, 1.82) is 0 Å². The summed E-state index contributed by atoms with van der Waals surface area (Å²) in [7, 11) is 0. The van der Waals surface area contributed by atoms with Crippen molar-refractivity contribution in [2.45, 2.75) is 32.7 Å². The molecule has 2 nitrogen and oxygen atoms in total. The lowest BCUT2D eigenvalue weighted by molar-refractivity contribution is 0.496. The van der Waals surface area contributed by atoms with Crippen molar-refractivity contribution in [1.82, 2.24) is 10.3 Å². The third-order valence-corrected chi connectivity index (χ3v) is 3.90. The molecule has 0 radical (unpaired) electrons. The maximum absolute atomic E-state index is 13.2. The molecule has 1 N–H and O–H groups in total. The molecule has 1 unspecified atom stereocenters. The van der Waals surface area contributed by atoms with Gasteiger partial charge in [0.25, 0.3) is 0 Å². The summed E-state index contributed by atoms with van der Waals surface area (Å²) in [5.74, 6) is -1.59. The van der Waals surface area contributed by atoms with Crippen LogP contribution >= 0.6 is 11.3 Å². The molecule has 0 bridgehead atoms. The maximum Gasteiger partial charge on any atom is 0.159 e. The minimum Gasteiger partial charge on any atom is -0.314 e. The number of halogens is 2. The Morgan fingerprint density at radius 2 is 2.05 bits per heavy atom. The highest BCUT2D eigenvalue weighted by Crippen LogP contribution is 2.14. The molecule has 0 saturated heterocycles. The summed E-state index contributed by atoms with van der Waals surface area (Å²) in [6.45, 7) is 4.84. The average molecular weight is 296 g/mol. The molecule has 1 atom stereocenters. The van der Waals surface area contributed by atoms with Gasteiger partial charge in [0.05, 0.1) is 10.7 Å². The lowest BCUT2D eigenvalue weighted by atomic mass is 10.0. The zero-order chi connectivity index (χ0) is 14.5. The summed E-state index contributed by atoms with van der Waals surface area (Å²) in [5.41, 5.74) is 1.84. The first-order chi connectivity index (χ1) is 9.58. The topological polar surface area (TPSA) is 24.9 Å². The van der Waals surface area contributed by atoms with E-state index in [4.69, 9.17) is 0 Å². The van der Waals surface area contributed by atoms with Gasteiger partial charge in [-0.2, -0.15) is 0 Å². The number of hydrogen-bond acceptors (Lipinski definition) is 3. The van der Waals surface area contributed by atoms with Gasteiger partial charge >= 0.3 is 0 Å². The van der Waals surface area contributed by atoms with Crippen LogP contribution in [-0.2, 0) is 12.8 Å². The predicted molar refractivity (Wildman–Crippen MR) is 78.1 cm³/mol. The Hall–Kier alpha value is -1.33. The molecule has 0 spiro atoms. The summed E-state index contributed by atoms with van der Waals surface area (Å²) >= 11 is 1.63. The number of nitrogens with zero attached hydrogens (tertiary/aromatic N) is 1. The SMILES string of the molecule is CCNC(Cc1ccc(F)c(F)c1)Cc1csc(C)n1. The van der Waals surface area contributed by atoms with E-state index in [9.17, 15) is 8.78 Å². The van der Waals surface area contributed by atoms with Crippen molar-refractivity contribution in [2.75, 3.05) is 6.54 Å². The van der Waals surface area contributed by atoms with Crippen LogP contribution in [0, 0.1) is 18.6 Å². The van der Waals surface area contributed by atoms with E-state index in [0.29, 0.717) is 6.42 Å². The number of likely N-dealkylation sites (N-methyl/N-ethyl adjacent to an activating group) is 1. The molecule has 1 aromatic heterocycles. The van der Waals surface area contributed by atoms with Crippen LogP contribution in [0.5, 0.6) is 0 Å². The van der Waals surface area contributed by atoms with E-state index >= 15 is 0 Å². The van der Waals surface area contributed by atoms with Crippen LogP contribution in [0.4, 0.5) is 8.78 Å². The van der Waals surface area contributed by atoms with E-state index in [-0.39, 0.29) is 6.04 Å². The third-order valence-electron chi connectivity index (χ3n) is 3.08. The molecule has 0 amide bonds. The van der Waals surface area contributed by atoms with Gasteiger partial charge in [0.1, 0.15) is 0 Å². The van der Waals surface area contributed by atoms with Crippen LogP contribution in [0.15, 0.2) is 23.6 Å². The van der Waals surface area contributed by atoms with Gasteiger partial charge in [-0.3, -0.25) is 0 Å². The van der Waals surface area contributed by atoms with Crippen molar-refractivity contribution in [2.24, 2.45) is 0 Å². The Kier molecular flexibility index (Phi) is 5.20. The minimum absolute atomic E-state index is 0.173. The first kappa shape index (κ1) is 15.1. The zero-order valence-corrected chi connectivity index (χ0v) is 12.4. The molecule has 2 aromatic rings. The van der Waals surface area contributed by atoms with Crippen molar-refractivity contribution in [3.63, 3.8) is 0 Å². The normalized spacial score (nSPS) is 12.6. The number of benzene rings is 1. The van der Waals surface area contributed by atoms with Gasteiger partial charge in [-0.05, 0) is 37.6 Å². The number of nitrogens with one attached hydrogen (secondary N) is 1. The van der Waals surface area contributed by atoms with Crippen molar-refractivity contribution < 1.29 is 8.78 Å². The van der Waals surface area contributed by atoms with E-state index in [1.165, 1.54) is 12.1 Å². The van der Waals surface area contributed by atoms with Crippen LogP contribution in [0.25, 0.3) is 0 Å². The number of hydrogen-bond donors (Lipinski definition) is 1. The van der Waals surface area contributed by atoms with Gasteiger partial charge in [0.15, 0.2) is 11.6 Å². The molecule has 1 aromatic carbocycles. The van der Waals surface area contributed by atoms with E-state index in [1.54, 1.807) is 17.4 Å². The summed E-state index contributed by atoms with van der Waals surface area (Å²) in [5, 5.41) is 6.46. The number of thiazole rings is 1. The lowest BCUT2D eigenvalue weighted by Gasteiger charge is -2.17. The van der Waals surface area contributed by atoms with E-state index in [0.717, 1.165) is 29.2 Å². The molecule has 0 fully saturated rings.